The second-order valence-corrected chi connectivity index (χ2v) is 7.59. The molecule has 2 aromatic heterocycles. The van der Waals surface area contributed by atoms with Gasteiger partial charge >= 0.3 is 5.69 Å². The van der Waals surface area contributed by atoms with Crippen molar-refractivity contribution in [3.05, 3.63) is 44.5 Å². The van der Waals surface area contributed by atoms with Crippen LogP contribution in [0.1, 0.15) is 23.1 Å². The van der Waals surface area contributed by atoms with Gasteiger partial charge in [-0.2, -0.15) is 0 Å². The van der Waals surface area contributed by atoms with E-state index in [1.165, 1.54) is 33.4 Å². The van der Waals surface area contributed by atoms with Gasteiger partial charge in [-0.15, -0.1) is 16.9 Å². The van der Waals surface area contributed by atoms with Gasteiger partial charge in [-0.25, -0.2) is 13.9 Å². The number of rotatable bonds is 6. The number of halogens is 1. The normalized spacial score (nSPS) is 22.8. The highest BCUT2D eigenvalue weighted by molar-refractivity contribution is 8.00. The minimum atomic E-state index is -0.719. The van der Waals surface area contributed by atoms with E-state index in [0.717, 1.165) is 4.57 Å². The number of hydrogen-bond acceptors (Lipinski definition) is 7. The van der Waals surface area contributed by atoms with E-state index in [1.807, 2.05) is 0 Å². The highest BCUT2D eigenvalue weighted by atomic mass is 32.2. The van der Waals surface area contributed by atoms with E-state index in [-0.39, 0.29) is 30.3 Å². The minimum Gasteiger partial charge on any atom is -0.395 e. The van der Waals surface area contributed by atoms with Crippen LogP contribution in [0.3, 0.4) is 0 Å². The summed E-state index contributed by atoms with van der Waals surface area (Å²) in [6, 6.07) is 0. The van der Waals surface area contributed by atoms with E-state index in [9.17, 15) is 24.2 Å². The van der Waals surface area contributed by atoms with E-state index in [1.54, 1.807) is 6.92 Å². The lowest BCUT2D eigenvalue weighted by Gasteiger charge is -2.16. The Bertz CT molecular complexity index is 895. The molecule has 0 aromatic carbocycles. The molecule has 142 valence electrons. The highest BCUT2D eigenvalue weighted by Crippen LogP contribution is 2.40. The van der Waals surface area contributed by atoms with Crippen LogP contribution in [0.4, 0.5) is 4.39 Å². The van der Waals surface area contributed by atoms with Crippen molar-refractivity contribution in [3.63, 3.8) is 0 Å². The Balaban J connectivity index is 1.94. The Morgan fingerprint density at radius 3 is 2.81 bits per heavy atom. The zero-order valence-electron chi connectivity index (χ0n) is 14.2. The summed E-state index contributed by atoms with van der Waals surface area (Å²) in [4.78, 5) is 25.2. The predicted molar refractivity (Wildman–Crippen MR) is 92.9 cm³/mol. The molecular formula is C15H20FN5O4S. The summed E-state index contributed by atoms with van der Waals surface area (Å²) in [5.41, 5.74) is -0.206. The number of aliphatic hydroxyl groups excluding tert-OH is 2. The van der Waals surface area contributed by atoms with Crippen molar-refractivity contribution in [2.45, 2.75) is 43.2 Å². The third-order valence-electron chi connectivity index (χ3n) is 4.28. The molecule has 0 amide bonds. The first-order valence-corrected chi connectivity index (χ1v) is 9.10. The Morgan fingerprint density at radius 1 is 1.38 bits per heavy atom. The quantitative estimate of drug-likeness (QED) is 0.675. The van der Waals surface area contributed by atoms with Crippen molar-refractivity contribution in [2.24, 2.45) is 0 Å². The molecule has 1 aliphatic rings. The topological polar surface area (TPSA) is 115 Å². The van der Waals surface area contributed by atoms with Gasteiger partial charge in [-0.05, 0) is 6.92 Å². The standard InChI is InChI=1S/C15H20FN5O4S/c1-9-5-20(13-4-11(23)12(8-22)26-13)15(25)21(14(9)24)7-10-6-19(3-2-16)18-17-10/h5-6,11-13,22-23H,2-4,7-8H2,1H3. The molecule has 3 heterocycles. The first kappa shape index (κ1) is 18.8. The van der Waals surface area contributed by atoms with E-state index in [2.05, 4.69) is 10.3 Å². The summed E-state index contributed by atoms with van der Waals surface area (Å²) in [5, 5.41) is 26.2. The molecule has 2 N–H and O–H groups in total. The number of nitrogens with zero attached hydrogens (tertiary/aromatic N) is 5. The third kappa shape index (κ3) is 3.60. The first-order chi connectivity index (χ1) is 12.4. The van der Waals surface area contributed by atoms with Gasteiger partial charge in [0.2, 0.25) is 0 Å². The van der Waals surface area contributed by atoms with Crippen LogP contribution in [0.25, 0.3) is 0 Å². The lowest BCUT2D eigenvalue weighted by atomic mass is 10.2. The predicted octanol–water partition coefficient (Wildman–Crippen LogP) is -0.715. The van der Waals surface area contributed by atoms with Crippen LogP contribution in [-0.2, 0) is 13.1 Å². The molecule has 9 nitrogen and oxygen atoms in total. The summed E-state index contributed by atoms with van der Waals surface area (Å²) >= 11 is 1.30. The largest absolute Gasteiger partial charge is 0.395 e. The smallest absolute Gasteiger partial charge is 0.332 e. The lowest BCUT2D eigenvalue weighted by Crippen LogP contribution is -2.41. The van der Waals surface area contributed by atoms with Crippen LogP contribution in [0, 0.1) is 6.92 Å². The van der Waals surface area contributed by atoms with E-state index < -0.39 is 24.0 Å². The molecular weight excluding hydrogens is 365 g/mol. The van der Waals surface area contributed by atoms with Gasteiger partial charge in [0.05, 0.1) is 42.6 Å². The number of thioether (sulfide) groups is 1. The van der Waals surface area contributed by atoms with Crippen molar-refractivity contribution in [1.82, 2.24) is 24.1 Å². The number of aryl methyl sites for hydroxylation is 2. The van der Waals surface area contributed by atoms with Crippen LogP contribution in [-0.4, -0.2) is 59.0 Å². The van der Waals surface area contributed by atoms with Crippen LogP contribution < -0.4 is 11.2 Å². The van der Waals surface area contributed by atoms with E-state index >= 15 is 0 Å². The molecule has 26 heavy (non-hydrogen) atoms. The number of alkyl halides is 1. The molecule has 0 bridgehead atoms. The van der Waals surface area contributed by atoms with Crippen molar-refractivity contribution < 1.29 is 14.6 Å². The Kier molecular flexibility index (Phi) is 5.58. The third-order valence-corrected chi connectivity index (χ3v) is 5.83. The second kappa shape index (κ2) is 7.72. The molecule has 1 saturated heterocycles. The minimum absolute atomic E-state index is 0.0547. The Morgan fingerprint density at radius 2 is 2.15 bits per heavy atom. The van der Waals surface area contributed by atoms with Crippen molar-refractivity contribution in [2.75, 3.05) is 13.3 Å². The Hall–Kier alpha value is -1.98. The second-order valence-electron chi connectivity index (χ2n) is 6.17. The van der Waals surface area contributed by atoms with E-state index in [4.69, 9.17) is 0 Å². The molecule has 3 rings (SSSR count). The van der Waals surface area contributed by atoms with Gasteiger partial charge in [0.15, 0.2) is 0 Å². The Labute approximate surface area is 152 Å². The van der Waals surface area contributed by atoms with Gasteiger partial charge < -0.3 is 10.2 Å². The van der Waals surface area contributed by atoms with Gasteiger partial charge in [0.1, 0.15) is 12.4 Å². The molecule has 3 unspecified atom stereocenters. The zero-order chi connectivity index (χ0) is 18.8. The maximum Gasteiger partial charge on any atom is 0.332 e. The van der Waals surface area contributed by atoms with Crippen molar-refractivity contribution >= 4 is 11.8 Å². The lowest BCUT2D eigenvalue weighted by molar-refractivity contribution is 0.137. The van der Waals surface area contributed by atoms with Crippen LogP contribution >= 0.6 is 11.8 Å². The molecule has 0 aliphatic carbocycles. The number of hydrogen-bond donors (Lipinski definition) is 2. The SMILES string of the molecule is Cc1cn(C2CC(O)C(CO)S2)c(=O)n(Cc2cn(CCF)nn2)c1=O. The van der Waals surface area contributed by atoms with Gasteiger partial charge in [-0.1, -0.05) is 5.21 Å². The van der Waals surface area contributed by atoms with Gasteiger partial charge in [-0.3, -0.25) is 13.9 Å². The first-order valence-electron chi connectivity index (χ1n) is 8.16. The maximum atomic E-state index is 12.8. The summed E-state index contributed by atoms with van der Waals surface area (Å²) in [6.45, 7) is 0.809. The highest BCUT2D eigenvalue weighted by Gasteiger charge is 2.35. The molecule has 2 aromatic rings. The molecule has 3 atom stereocenters. The summed E-state index contributed by atoms with van der Waals surface area (Å²) < 4.78 is 16.1. The van der Waals surface area contributed by atoms with Crippen molar-refractivity contribution in [3.8, 4) is 0 Å². The van der Waals surface area contributed by atoms with Gasteiger partial charge in [0.25, 0.3) is 5.56 Å². The number of aromatic nitrogens is 5. The molecule has 11 heteroatoms. The summed E-state index contributed by atoms with van der Waals surface area (Å²) in [5.74, 6) is 0. The molecule has 0 spiro atoms. The average molecular weight is 385 g/mol. The van der Waals surface area contributed by atoms with Crippen LogP contribution in [0.2, 0.25) is 0 Å². The monoisotopic (exact) mass is 385 g/mol. The molecule has 1 fully saturated rings. The zero-order valence-corrected chi connectivity index (χ0v) is 15.0. The molecule has 1 aliphatic heterocycles. The average Bonchev–Trinajstić information content (AvgIpc) is 3.21. The summed E-state index contributed by atoms with van der Waals surface area (Å²) in [7, 11) is 0. The fourth-order valence-electron chi connectivity index (χ4n) is 2.92. The van der Waals surface area contributed by atoms with Crippen molar-refractivity contribution in [1.29, 1.82) is 0 Å². The van der Waals surface area contributed by atoms with Gasteiger partial charge in [0, 0.05) is 18.2 Å². The van der Waals surface area contributed by atoms with E-state index in [0.29, 0.717) is 17.7 Å². The number of aliphatic hydroxyl groups is 2. The molecule has 0 radical (unpaired) electrons. The maximum absolute atomic E-state index is 12.8. The fourth-order valence-corrected chi connectivity index (χ4v) is 4.30. The molecule has 0 saturated carbocycles. The van der Waals surface area contributed by atoms with Crippen LogP contribution in [0.15, 0.2) is 22.0 Å². The summed E-state index contributed by atoms with van der Waals surface area (Å²) in [6.07, 6.45) is 2.56. The van der Waals surface area contributed by atoms with Crippen LogP contribution in [0.5, 0.6) is 0 Å². The fraction of sp³-hybridized carbons (Fsp3) is 0.600.